The van der Waals surface area contributed by atoms with Gasteiger partial charge in [0.25, 0.3) is 0 Å². The van der Waals surface area contributed by atoms with Gasteiger partial charge in [-0.05, 0) is 24.8 Å². The van der Waals surface area contributed by atoms with Crippen LogP contribution in [0.15, 0.2) is 17.5 Å². The summed E-state index contributed by atoms with van der Waals surface area (Å²) in [6.07, 6.45) is 0.116. The second kappa shape index (κ2) is 7.77. The Morgan fingerprint density at radius 3 is 3.10 bits per heavy atom. The molecule has 1 aliphatic heterocycles. The molecule has 1 saturated heterocycles. The first-order valence-electron chi connectivity index (χ1n) is 7.41. The van der Waals surface area contributed by atoms with Crippen LogP contribution in [0.1, 0.15) is 31.1 Å². The number of nitrogens with one attached hydrogen (secondary N) is 1. The van der Waals surface area contributed by atoms with Gasteiger partial charge >= 0.3 is 6.03 Å². The van der Waals surface area contributed by atoms with Crippen LogP contribution >= 0.6 is 11.3 Å². The maximum absolute atomic E-state index is 12.3. The minimum absolute atomic E-state index is 0.0456. The average Bonchev–Trinajstić information content (AvgIpc) is 2.98. The van der Waals surface area contributed by atoms with Crippen molar-refractivity contribution >= 4 is 17.4 Å². The summed E-state index contributed by atoms with van der Waals surface area (Å²) in [5.41, 5.74) is 0. The van der Waals surface area contributed by atoms with Crippen molar-refractivity contribution in [1.82, 2.24) is 10.2 Å². The molecule has 0 aromatic carbocycles. The zero-order chi connectivity index (χ0) is 15.2. The third kappa shape index (κ3) is 4.69. The normalized spacial score (nSPS) is 21.9. The van der Waals surface area contributed by atoms with Crippen molar-refractivity contribution in [3.05, 3.63) is 22.4 Å². The van der Waals surface area contributed by atoms with Crippen LogP contribution < -0.4 is 5.32 Å². The van der Waals surface area contributed by atoms with Gasteiger partial charge in [-0.3, -0.25) is 0 Å². The highest BCUT2D eigenvalue weighted by Gasteiger charge is 2.28. The molecule has 0 bridgehead atoms. The summed E-state index contributed by atoms with van der Waals surface area (Å²) < 4.78 is 5.42. The van der Waals surface area contributed by atoms with E-state index in [0.29, 0.717) is 38.6 Å². The van der Waals surface area contributed by atoms with Crippen molar-refractivity contribution in [2.75, 3.05) is 26.3 Å². The predicted octanol–water partition coefficient (Wildman–Crippen LogP) is 2.03. The van der Waals surface area contributed by atoms with Gasteiger partial charge in [-0.1, -0.05) is 13.0 Å². The van der Waals surface area contributed by atoms with Crippen LogP contribution in [-0.4, -0.2) is 54.5 Å². The second-order valence-corrected chi connectivity index (χ2v) is 6.59. The Balaban J connectivity index is 1.85. The quantitative estimate of drug-likeness (QED) is 0.874. The third-order valence-electron chi connectivity index (χ3n) is 3.69. The van der Waals surface area contributed by atoms with Crippen LogP contribution in [0.4, 0.5) is 4.79 Å². The lowest BCUT2D eigenvalue weighted by molar-refractivity contribution is -0.00432. The van der Waals surface area contributed by atoms with Crippen molar-refractivity contribution in [2.24, 2.45) is 0 Å². The number of carbonyl (C=O) groups is 1. The number of urea groups is 1. The topological polar surface area (TPSA) is 61.8 Å². The number of ether oxygens (including phenoxy) is 1. The molecule has 2 heterocycles. The number of aliphatic hydroxyl groups is 1. The molecule has 2 N–H and O–H groups in total. The van der Waals surface area contributed by atoms with Gasteiger partial charge in [0.15, 0.2) is 0 Å². The number of hydrogen-bond donors (Lipinski definition) is 2. The fraction of sp³-hybridized carbons (Fsp3) is 0.667. The van der Waals surface area contributed by atoms with Gasteiger partial charge in [0.1, 0.15) is 0 Å². The number of nitrogens with zero attached hydrogens (tertiary/aromatic N) is 1. The van der Waals surface area contributed by atoms with Crippen LogP contribution in [0.2, 0.25) is 0 Å². The summed E-state index contributed by atoms with van der Waals surface area (Å²) in [7, 11) is 0. The minimum atomic E-state index is -0.433. The van der Waals surface area contributed by atoms with Gasteiger partial charge in [0.05, 0.1) is 25.4 Å². The molecule has 1 fully saturated rings. The molecule has 1 aromatic rings. The SMILES string of the molecule is C[C@H](O)C[C@@H]1COCCN1C(=O)NC[C@H](C)c1cccs1. The molecule has 3 atom stereocenters. The molecule has 0 unspecified atom stereocenters. The number of aliphatic hydroxyl groups excluding tert-OH is 1. The van der Waals surface area contributed by atoms with Gasteiger partial charge in [0, 0.05) is 23.9 Å². The Kier molecular flexibility index (Phi) is 6.02. The first-order valence-corrected chi connectivity index (χ1v) is 8.29. The lowest BCUT2D eigenvalue weighted by Gasteiger charge is -2.36. The molecule has 5 nitrogen and oxygen atoms in total. The predicted molar refractivity (Wildman–Crippen MR) is 83.7 cm³/mol. The third-order valence-corrected chi connectivity index (χ3v) is 4.79. The first kappa shape index (κ1) is 16.3. The minimum Gasteiger partial charge on any atom is -0.393 e. The fourth-order valence-electron chi connectivity index (χ4n) is 2.53. The van der Waals surface area contributed by atoms with E-state index in [1.807, 2.05) is 11.4 Å². The smallest absolute Gasteiger partial charge is 0.317 e. The van der Waals surface area contributed by atoms with Crippen LogP contribution in [-0.2, 0) is 4.74 Å². The fourth-order valence-corrected chi connectivity index (χ4v) is 3.31. The molecule has 1 aromatic heterocycles. The van der Waals surface area contributed by atoms with E-state index in [9.17, 15) is 9.90 Å². The summed E-state index contributed by atoms with van der Waals surface area (Å²) in [6.45, 7) is 6.11. The summed E-state index contributed by atoms with van der Waals surface area (Å²) >= 11 is 1.71. The van der Waals surface area contributed by atoms with Crippen molar-refractivity contribution < 1.29 is 14.6 Å². The lowest BCUT2D eigenvalue weighted by Crippen LogP contribution is -2.53. The van der Waals surface area contributed by atoms with Gasteiger partial charge in [-0.25, -0.2) is 4.79 Å². The Hall–Kier alpha value is -1.11. The van der Waals surface area contributed by atoms with Crippen molar-refractivity contribution in [2.45, 2.75) is 38.3 Å². The average molecular weight is 312 g/mol. The molecule has 0 aliphatic carbocycles. The molecule has 0 radical (unpaired) electrons. The maximum Gasteiger partial charge on any atom is 0.317 e. The number of amides is 2. The summed E-state index contributed by atoms with van der Waals surface area (Å²) in [5.74, 6) is 0.310. The van der Waals surface area contributed by atoms with E-state index >= 15 is 0 Å². The molecule has 2 rings (SSSR count). The van der Waals surface area contributed by atoms with Gasteiger partial charge in [-0.15, -0.1) is 11.3 Å². The Morgan fingerprint density at radius 2 is 2.43 bits per heavy atom. The zero-order valence-electron chi connectivity index (χ0n) is 12.6. The second-order valence-electron chi connectivity index (χ2n) is 5.61. The molecule has 2 amide bonds. The lowest BCUT2D eigenvalue weighted by atomic mass is 10.1. The highest BCUT2D eigenvalue weighted by molar-refractivity contribution is 7.10. The molecular formula is C15H24N2O3S. The molecule has 21 heavy (non-hydrogen) atoms. The van der Waals surface area contributed by atoms with Crippen LogP contribution in [0.25, 0.3) is 0 Å². The molecule has 6 heteroatoms. The van der Waals surface area contributed by atoms with E-state index in [1.165, 1.54) is 4.88 Å². The highest BCUT2D eigenvalue weighted by atomic mass is 32.1. The Labute approximate surface area is 129 Å². The molecular weight excluding hydrogens is 288 g/mol. The summed E-state index contributed by atoms with van der Waals surface area (Å²) in [5, 5.41) is 14.6. The summed E-state index contributed by atoms with van der Waals surface area (Å²) in [6, 6.07) is 4.01. The molecule has 1 aliphatic rings. The summed E-state index contributed by atoms with van der Waals surface area (Å²) in [4.78, 5) is 15.4. The largest absolute Gasteiger partial charge is 0.393 e. The van der Waals surface area contributed by atoms with Crippen LogP contribution in [0.5, 0.6) is 0 Å². The van der Waals surface area contributed by atoms with Gasteiger partial charge in [0.2, 0.25) is 0 Å². The van der Waals surface area contributed by atoms with Crippen molar-refractivity contribution in [1.29, 1.82) is 0 Å². The molecule has 118 valence electrons. The standard InChI is InChI=1S/C15H24N2O3S/c1-11(14-4-3-7-21-14)9-16-15(19)17-5-6-20-10-13(17)8-12(2)18/h3-4,7,11-13,18H,5-6,8-10H2,1-2H3,(H,16,19)/t11-,12-,13+/m0/s1. The van der Waals surface area contributed by atoms with Gasteiger partial charge < -0.3 is 20.1 Å². The number of rotatable bonds is 5. The highest BCUT2D eigenvalue weighted by Crippen LogP contribution is 2.20. The van der Waals surface area contributed by atoms with E-state index in [0.717, 1.165) is 0 Å². The van der Waals surface area contributed by atoms with Crippen LogP contribution in [0, 0.1) is 0 Å². The van der Waals surface area contributed by atoms with E-state index in [1.54, 1.807) is 23.2 Å². The van der Waals surface area contributed by atoms with Crippen molar-refractivity contribution in [3.8, 4) is 0 Å². The molecule has 0 spiro atoms. The monoisotopic (exact) mass is 312 g/mol. The zero-order valence-corrected chi connectivity index (χ0v) is 13.4. The number of hydrogen-bond acceptors (Lipinski definition) is 4. The van der Waals surface area contributed by atoms with E-state index in [2.05, 4.69) is 18.3 Å². The van der Waals surface area contributed by atoms with E-state index in [4.69, 9.17) is 4.74 Å². The maximum atomic E-state index is 12.3. The Bertz CT molecular complexity index is 436. The number of morpholine rings is 1. The first-order chi connectivity index (χ1) is 10.1. The molecule has 0 saturated carbocycles. The van der Waals surface area contributed by atoms with Gasteiger partial charge in [-0.2, -0.15) is 0 Å². The number of carbonyl (C=O) groups excluding carboxylic acids is 1. The Morgan fingerprint density at radius 1 is 1.62 bits per heavy atom. The number of thiophene rings is 1. The van der Waals surface area contributed by atoms with Crippen molar-refractivity contribution in [3.63, 3.8) is 0 Å². The van der Waals surface area contributed by atoms with Crippen LogP contribution in [0.3, 0.4) is 0 Å². The van der Waals surface area contributed by atoms with E-state index in [-0.39, 0.29) is 12.1 Å². The van der Waals surface area contributed by atoms with E-state index < -0.39 is 6.10 Å².